The summed E-state index contributed by atoms with van der Waals surface area (Å²) in [5.74, 6) is -0.576. The number of anilines is 1. The van der Waals surface area contributed by atoms with E-state index in [4.69, 9.17) is 23.2 Å². The Morgan fingerprint density at radius 3 is 2.79 bits per heavy atom. The predicted molar refractivity (Wildman–Crippen MR) is 78.0 cm³/mol. The fourth-order valence-electron chi connectivity index (χ4n) is 1.38. The van der Waals surface area contributed by atoms with Crippen molar-refractivity contribution in [2.75, 3.05) is 5.32 Å². The van der Waals surface area contributed by atoms with Gasteiger partial charge in [-0.1, -0.05) is 23.2 Å². The number of aromatic nitrogens is 1. The second-order valence-corrected chi connectivity index (χ2v) is 5.32. The molecule has 0 spiro atoms. The molecular formula is C12H7BrCl2N2O2. The van der Waals surface area contributed by atoms with Crippen LogP contribution in [0.5, 0.6) is 5.75 Å². The van der Waals surface area contributed by atoms with Crippen LogP contribution >= 0.6 is 39.1 Å². The zero-order valence-electron chi connectivity index (χ0n) is 9.32. The van der Waals surface area contributed by atoms with E-state index in [-0.39, 0.29) is 22.2 Å². The Hall–Kier alpha value is -1.30. The highest BCUT2D eigenvalue weighted by atomic mass is 79.9. The molecule has 0 unspecified atom stereocenters. The molecule has 0 atom stereocenters. The molecule has 0 saturated heterocycles. The van der Waals surface area contributed by atoms with Gasteiger partial charge < -0.3 is 10.4 Å². The number of halogens is 3. The van der Waals surface area contributed by atoms with E-state index in [0.717, 1.165) is 0 Å². The van der Waals surface area contributed by atoms with Crippen molar-refractivity contribution in [1.29, 1.82) is 0 Å². The van der Waals surface area contributed by atoms with E-state index in [2.05, 4.69) is 26.2 Å². The Labute approximate surface area is 127 Å². The van der Waals surface area contributed by atoms with Crippen molar-refractivity contribution in [3.8, 4) is 5.75 Å². The van der Waals surface area contributed by atoms with Gasteiger partial charge >= 0.3 is 0 Å². The van der Waals surface area contributed by atoms with E-state index in [0.29, 0.717) is 9.50 Å². The summed E-state index contributed by atoms with van der Waals surface area (Å²) < 4.78 is 0.623. The lowest BCUT2D eigenvalue weighted by atomic mass is 10.2. The van der Waals surface area contributed by atoms with Gasteiger partial charge in [-0.3, -0.25) is 4.79 Å². The number of aromatic hydroxyl groups is 1. The fraction of sp³-hybridized carbons (Fsp3) is 0. The Bertz CT molecular complexity index is 650. The predicted octanol–water partition coefficient (Wildman–Crippen LogP) is 4.11. The molecular weight excluding hydrogens is 355 g/mol. The standard InChI is InChI=1S/C12H7BrCl2N2O2/c13-6-3-8(11(15)16-5-6)12(19)17-9-4-7(14)1-2-10(9)18/h1-5,18H,(H,17,19). The number of carbonyl (C=O) groups excluding carboxylic acids is 1. The molecule has 1 aromatic heterocycles. The molecule has 0 bridgehead atoms. The highest BCUT2D eigenvalue weighted by Crippen LogP contribution is 2.28. The minimum atomic E-state index is -0.489. The molecule has 0 aliphatic carbocycles. The van der Waals surface area contributed by atoms with Crippen LogP contribution in [0.25, 0.3) is 0 Å². The molecule has 0 fully saturated rings. The summed E-state index contributed by atoms with van der Waals surface area (Å²) in [6.45, 7) is 0. The van der Waals surface area contributed by atoms with Crippen LogP contribution in [0, 0.1) is 0 Å². The molecule has 1 amide bonds. The Kier molecular flexibility index (Phi) is 4.29. The second kappa shape index (κ2) is 5.77. The number of phenolic OH excluding ortho intramolecular Hbond substituents is 1. The first-order valence-corrected chi connectivity index (χ1v) is 6.63. The number of pyridine rings is 1. The topological polar surface area (TPSA) is 62.2 Å². The van der Waals surface area contributed by atoms with Crippen LogP contribution in [0.2, 0.25) is 10.2 Å². The monoisotopic (exact) mass is 360 g/mol. The number of nitrogens with one attached hydrogen (secondary N) is 1. The molecule has 2 aromatic rings. The highest BCUT2D eigenvalue weighted by Gasteiger charge is 2.14. The van der Waals surface area contributed by atoms with Gasteiger partial charge in [0, 0.05) is 15.7 Å². The van der Waals surface area contributed by atoms with Crippen molar-refractivity contribution < 1.29 is 9.90 Å². The maximum absolute atomic E-state index is 12.0. The molecule has 2 N–H and O–H groups in total. The zero-order valence-corrected chi connectivity index (χ0v) is 12.4. The van der Waals surface area contributed by atoms with Gasteiger partial charge in [-0.2, -0.15) is 0 Å². The van der Waals surface area contributed by atoms with Crippen molar-refractivity contribution in [3.05, 3.63) is 50.7 Å². The van der Waals surface area contributed by atoms with Crippen LogP contribution in [0.1, 0.15) is 10.4 Å². The summed E-state index contributed by atoms with van der Waals surface area (Å²) in [4.78, 5) is 15.9. The number of nitrogens with zero attached hydrogens (tertiary/aromatic N) is 1. The van der Waals surface area contributed by atoms with Gasteiger partial charge in [-0.05, 0) is 40.2 Å². The van der Waals surface area contributed by atoms with Crippen molar-refractivity contribution in [3.63, 3.8) is 0 Å². The van der Waals surface area contributed by atoms with Gasteiger partial charge in [0.1, 0.15) is 10.9 Å². The highest BCUT2D eigenvalue weighted by molar-refractivity contribution is 9.10. The summed E-state index contributed by atoms with van der Waals surface area (Å²) in [7, 11) is 0. The van der Waals surface area contributed by atoms with Crippen LogP contribution in [0.3, 0.4) is 0 Å². The van der Waals surface area contributed by atoms with Gasteiger partial charge in [0.15, 0.2) is 0 Å². The first-order chi connectivity index (χ1) is 8.97. The number of phenols is 1. The lowest BCUT2D eigenvalue weighted by molar-refractivity contribution is 0.102. The molecule has 7 heteroatoms. The van der Waals surface area contributed by atoms with Crippen LogP contribution in [0.4, 0.5) is 5.69 Å². The van der Waals surface area contributed by atoms with Gasteiger partial charge in [0.05, 0.1) is 11.3 Å². The average Bonchev–Trinajstić information content (AvgIpc) is 2.36. The quantitative estimate of drug-likeness (QED) is 0.625. The Morgan fingerprint density at radius 1 is 1.32 bits per heavy atom. The lowest BCUT2D eigenvalue weighted by Crippen LogP contribution is -2.13. The maximum Gasteiger partial charge on any atom is 0.258 e. The summed E-state index contributed by atoms with van der Waals surface area (Å²) in [6.07, 6.45) is 1.48. The van der Waals surface area contributed by atoms with Gasteiger partial charge in [0.25, 0.3) is 5.91 Å². The summed E-state index contributed by atoms with van der Waals surface area (Å²) in [5.41, 5.74) is 0.393. The fourth-order valence-corrected chi connectivity index (χ4v) is 2.07. The third-order valence-electron chi connectivity index (χ3n) is 2.26. The number of amides is 1. The van der Waals surface area contributed by atoms with E-state index in [9.17, 15) is 9.90 Å². The number of rotatable bonds is 2. The molecule has 98 valence electrons. The number of benzene rings is 1. The number of carbonyl (C=O) groups is 1. The molecule has 2 rings (SSSR count). The summed E-state index contributed by atoms with van der Waals surface area (Å²) >= 11 is 14.8. The van der Waals surface area contributed by atoms with Crippen LogP contribution in [0.15, 0.2) is 34.9 Å². The molecule has 0 radical (unpaired) electrons. The normalized spacial score (nSPS) is 10.3. The van der Waals surface area contributed by atoms with Crippen molar-refractivity contribution in [2.24, 2.45) is 0 Å². The van der Waals surface area contributed by atoms with E-state index < -0.39 is 5.91 Å². The third-order valence-corrected chi connectivity index (χ3v) is 3.23. The number of hydrogen-bond donors (Lipinski definition) is 2. The van der Waals surface area contributed by atoms with E-state index >= 15 is 0 Å². The molecule has 19 heavy (non-hydrogen) atoms. The van der Waals surface area contributed by atoms with Crippen molar-refractivity contribution >= 4 is 50.7 Å². The smallest absolute Gasteiger partial charge is 0.258 e. The molecule has 1 heterocycles. The Morgan fingerprint density at radius 2 is 2.05 bits per heavy atom. The lowest BCUT2D eigenvalue weighted by Gasteiger charge is -2.08. The number of hydrogen-bond acceptors (Lipinski definition) is 3. The summed E-state index contributed by atoms with van der Waals surface area (Å²) in [6, 6.07) is 5.87. The molecule has 4 nitrogen and oxygen atoms in total. The van der Waals surface area contributed by atoms with E-state index in [1.165, 1.54) is 30.5 Å². The average molecular weight is 362 g/mol. The Balaban J connectivity index is 2.30. The minimum Gasteiger partial charge on any atom is -0.506 e. The van der Waals surface area contributed by atoms with Crippen LogP contribution in [-0.4, -0.2) is 16.0 Å². The summed E-state index contributed by atoms with van der Waals surface area (Å²) in [5, 5.41) is 12.6. The first kappa shape index (κ1) is 14.1. The minimum absolute atomic E-state index is 0.0715. The van der Waals surface area contributed by atoms with E-state index in [1.807, 2.05) is 0 Å². The van der Waals surface area contributed by atoms with Crippen molar-refractivity contribution in [2.45, 2.75) is 0 Å². The van der Waals surface area contributed by atoms with Gasteiger partial charge in [0.2, 0.25) is 0 Å². The molecule has 0 aliphatic rings. The van der Waals surface area contributed by atoms with Crippen LogP contribution in [-0.2, 0) is 0 Å². The second-order valence-electron chi connectivity index (χ2n) is 3.61. The zero-order chi connectivity index (χ0) is 14.0. The van der Waals surface area contributed by atoms with Gasteiger partial charge in [-0.15, -0.1) is 0 Å². The SMILES string of the molecule is O=C(Nc1cc(Cl)ccc1O)c1cc(Br)cnc1Cl. The largest absolute Gasteiger partial charge is 0.506 e. The first-order valence-electron chi connectivity index (χ1n) is 5.08. The molecule has 0 aliphatic heterocycles. The van der Waals surface area contributed by atoms with E-state index in [1.54, 1.807) is 0 Å². The van der Waals surface area contributed by atoms with Crippen molar-refractivity contribution in [1.82, 2.24) is 4.98 Å². The maximum atomic E-state index is 12.0. The molecule has 1 aromatic carbocycles. The van der Waals surface area contributed by atoms with Gasteiger partial charge in [-0.25, -0.2) is 4.98 Å². The third kappa shape index (κ3) is 3.37. The molecule has 0 saturated carbocycles. The van der Waals surface area contributed by atoms with Crippen LogP contribution < -0.4 is 5.32 Å².